The summed E-state index contributed by atoms with van der Waals surface area (Å²) in [5.74, 6) is 0.622. The quantitative estimate of drug-likeness (QED) is 0.239. The Morgan fingerprint density at radius 1 is 1.13 bits per heavy atom. The summed E-state index contributed by atoms with van der Waals surface area (Å²) in [5.41, 5.74) is 0.722. The molecule has 0 aliphatic carbocycles. The normalized spacial score (nSPS) is 11.0. The van der Waals surface area contributed by atoms with Crippen LogP contribution in [0.3, 0.4) is 0 Å². The van der Waals surface area contributed by atoms with Crippen molar-refractivity contribution in [3.8, 4) is 0 Å². The Balaban J connectivity index is 0.00000341. The van der Waals surface area contributed by atoms with E-state index in [0.717, 1.165) is 45.3 Å². The fourth-order valence-corrected chi connectivity index (χ4v) is 4.97. The number of benzene rings is 2. The third kappa shape index (κ3) is 7.91. The molecular weight excluding hydrogens is 476 g/mol. The number of aromatic nitrogens is 1. The predicted molar refractivity (Wildman–Crippen MR) is 134 cm³/mol. The monoisotopic (exact) mass is 501 g/mol. The molecule has 31 heavy (non-hydrogen) atoms. The third-order valence-electron chi connectivity index (χ3n) is 4.48. The number of anilines is 1. The molecular formula is C22H26Cl2FN3OS2. The second-order valence-electron chi connectivity index (χ2n) is 7.22. The van der Waals surface area contributed by atoms with Gasteiger partial charge in [0.05, 0.1) is 10.2 Å². The van der Waals surface area contributed by atoms with Gasteiger partial charge in [0.25, 0.3) is 0 Å². The molecule has 0 fully saturated rings. The van der Waals surface area contributed by atoms with Crippen LogP contribution in [0.5, 0.6) is 0 Å². The second kappa shape index (κ2) is 12.6. The summed E-state index contributed by atoms with van der Waals surface area (Å²) in [6.07, 6.45) is 2.07. The number of thioether (sulfide) groups is 1. The molecule has 0 bridgehead atoms. The molecule has 0 saturated heterocycles. The fourth-order valence-electron chi connectivity index (χ4n) is 2.95. The lowest BCUT2D eigenvalue weighted by Gasteiger charge is -2.21. The Hall–Kier alpha value is -1.38. The molecule has 0 aliphatic rings. The summed E-state index contributed by atoms with van der Waals surface area (Å²) >= 11 is 9.00. The van der Waals surface area contributed by atoms with Gasteiger partial charge in [0.1, 0.15) is 5.82 Å². The minimum absolute atomic E-state index is 0. The molecule has 0 N–H and O–H groups in total. The van der Waals surface area contributed by atoms with E-state index in [2.05, 4.69) is 9.88 Å². The van der Waals surface area contributed by atoms with Gasteiger partial charge in [-0.1, -0.05) is 22.9 Å². The molecule has 3 rings (SSSR count). The zero-order valence-electron chi connectivity index (χ0n) is 17.5. The van der Waals surface area contributed by atoms with Crippen molar-refractivity contribution in [3.05, 3.63) is 53.3 Å². The molecule has 2 aromatic carbocycles. The van der Waals surface area contributed by atoms with Crippen LogP contribution in [0.2, 0.25) is 5.02 Å². The molecule has 0 spiro atoms. The average molecular weight is 503 g/mol. The number of amides is 1. The van der Waals surface area contributed by atoms with Crippen molar-refractivity contribution in [2.45, 2.75) is 24.2 Å². The van der Waals surface area contributed by atoms with Gasteiger partial charge in [-0.15, -0.1) is 24.2 Å². The average Bonchev–Trinajstić information content (AvgIpc) is 3.12. The lowest BCUT2D eigenvalue weighted by molar-refractivity contribution is -0.118. The summed E-state index contributed by atoms with van der Waals surface area (Å²) in [6, 6.07) is 12.3. The van der Waals surface area contributed by atoms with Crippen LogP contribution in [0, 0.1) is 5.82 Å². The van der Waals surface area contributed by atoms with E-state index in [4.69, 9.17) is 11.6 Å². The fraction of sp³-hybridized carbons (Fsp3) is 0.364. The van der Waals surface area contributed by atoms with Crippen LogP contribution in [0.4, 0.5) is 9.52 Å². The first-order valence-corrected chi connectivity index (χ1v) is 12.0. The molecule has 4 nitrogen and oxygen atoms in total. The summed E-state index contributed by atoms with van der Waals surface area (Å²) in [7, 11) is 4.03. The van der Waals surface area contributed by atoms with E-state index < -0.39 is 0 Å². The van der Waals surface area contributed by atoms with Crippen LogP contribution in [0.15, 0.2) is 47.4 Å². The lowest BCUT2D eigenvalue weighted by Crippen LogP contribution is -2.33. The van der Waals surface area contributed by atoms with Crippen LogP contribution in [-0.4, -0.2) is 48.7 Å². The zero-order valence-corrected chi connectivity index (χ0v) is 20.7. The van der Waals surface area contributed by atoms with E-state index in [1.165, 1.54) is 23.5 Å². The smallest absolute Gasteiger partial charge is 0.228 e. The van der Waals surface area contributed by atoms with Gasteiger partial charge < -0.3 is 4.90 Å². The molecule has 1 aromatic heterocycles. The number of nitrogens with zero attached hydrogens (tertiary/aromatic N) is 3. The Kier molecular flexibility index (Phi) is 10.5. The molecule has 3 aromatic rings. The molecule has 0 saturated carbocycles. The Bertz CT molecular complexity index is 983. The molecule has 0 unspecified atom stereocenters. The van der Waals surface area contributed by atoms with Gasteiger partial charge in [0, 0.05) is 22.9 Å². The predicted octanol–water partition coefficient (Wildman–Crippen LogP) is 6.37. The number of thiazole rings is 1. The number of rotatable bonds is 10. The van der Waals surface area contributed by atoms with Gasteiger partial charge in [0.2, 0.25) is 5.91 Å². The highest BCUT2D eigenvalue weighted by Gasteiger charge is 2.19. The lowest BCUT2D eigenvalue weighted by atomic mass is 10.3. The number of carbonyl (C=O) groups excluding carboxylic acids is 1. The van der Waals surface area contributed by atoms with Crippen LogP contribution in [-0.2, 0) is 4.79 Å². The minimum Gasteiger partial charge on any atom is -0.309 e. The maximum Gasteiger partial charge on any atom is 0.228 e. The van der Waals surface area contributed by atoms with Crippen molar-refractivity contribution in [1.82, 2.24) is 9.88 Å². The zero-order chi connectivity index (χ0) is 21.5. The van der Waals surface area contributed by atoms with Crippen molar-refractivity contribution in [2.75, 3.05) is 37.8 Å². The van der Waals surface area contributed by atoms with Crippen molar-refractivity contribution in [2.24, 2.45) is 0 Å². The van der Waals surface area contributed by atoms with Gasteiger partial charge in [-0.3, -0.25) is 9.69 Å². The topological polar surface area (TPSA) is 36.4 Å². The first-order valence-electron chi connectivity index (χ1n) is 9.82. The Morgan fingerprint density at radius 2 is 1.87 bits per heavy atom. The largest absolute Gasteiger partial charge is 0.309 e. The van der Waals surface area contributed by atoms with E-state index >= 15 is 0 Å². The van der Waals surface area contributed by atoms with Gasteiger partial charge >= 0.3 is 0 Å². The first-order chi connectivity index (χ1) is 14.4. The molecule has 0 radical (unpaired) electrons. The highest BCUT2D eigenvalue weighted by molar-refractivity contribution is 7.99. The highest BCUT2D eigenvalue weighted by atomic mass is 35.5. The van der Waals surface area contributed by atoms with E-state index in [-0.39, 0.29) is 24.1 Å². The van der Waals surface area contributed by atoms with Crippen LogP contribution in [0.25, 0.3) is 10.2 Å². The summed E-state index contributed by atoms with van der Waals surface area (Å²) in [6.45, 7) is 1.49. The standard InChI is InChI=1S/C22H25ClFN3OS2.ClH/c1-26(2)12-4-13-27(22-25-19-11-8-17(24)15-20(19)30-22)21(28)5-3-14-29-18-9-6-16(23)7-10-18;/h6-11,15H,3-5,12-14H2,1-2H3;1H. The molecule has 0 atom stereocenters. The summed E-state index contributed by atoms with van der Waals surface area (Å²) in [5, 5.41) is 1.36. The molecule has 0 aliphatic heterocycles. The number of carbonyl (C=O) groups is 1. The number of fused-ring (bicyclic) bond motifs is 1. The third-order valence-corrected chi connectivity index (χ3v) is 6.87. The van der Waals surface area contributed by atoms with Crippen LogP contribution in [0.1, 0.15) is 19.3 Å². The minimum atomic E-state index is -0.289. The van der Waals surface area contributed by atoms with Crippen molar-refractivity contribution in [3.63, 3.8) is 0 Å². The van der Waals surface area contributed by atoms with Crippen molar-refractivity contribution < 1.29 is 9.18 Å². The van der Waals surface area contributed by atoms with E-state index in [0.29, 0.717) is 18.1 Å². The van der Waals surface area contributed by atoms with Crippen LogP contribution >= 0.6 is 47.1 Å². The maximum absolute atomic E-state index is 13.5. The van der Waals surface area contributed by atoms with Gasteiger partial charge in [-0.2, -0.15) is 0 Å². The van der Waals surface area contributed by atoms with Crippen LogP contribution < -0.4 is 4.90 Å². The van der Waals surface area contributed by atoms with E-state index in [1.807, 2.05) is 38.4 Å². The number of hydrogen-bond acceptors (Lipinski definition) is 5. The SMILES string of the molecule is CN(C)CCCN(C(=O)CCCSc1ccc(Cl)cc1)c1nc2ccc(F)cc2s1.Cl. The molecule has 1 heterocycles. The first kappa shape index (κ1) is 25.9. The second-order valence-corrected chi connectivity index (χ2v) is 9.83. The van der Waals surface area contributed by atoms with Gasteiger partial charge in [0.15, 0.2) is 5.13 Å². The number of hydrogen-bond donors (Lipinski definition) is 0. The van der Waals surface area contributed by atoms with Gasteiger partial charge in [-0.25, -0.2) is 9.37 Å². The number of halogens is 3. The Morgan fingerprint density at radius 3 is 2.58 bits per heavy atom. The highest BCUT2D eigenvalue weighted by Crippen LogP contribution is 2.30. The molecule has 9 heteroatoms. The summed E-state index contributed by atoms with van der Waals surface area (Å²) < 4.78 is 14.3. The maximum atomic E-state index is 13.5. The van der Waals surface area contributed by atoms with E-state index in [9.17, 15) is 9.18 Å². The Labute approximate surface area is 202 Å². The van der Waals surface area contributed by atoms with Crippen molar-refractivity contribution >= 4 is 68.4 Å². The molecule has 1 amide bonds. The van der Waals surface area contributed by atoms with Crippen molar-refractivity contribution in [1.29, 1.82) is 0 Å². The summed E-state index contributed by atoms with van der Waals surface area (Å²) in [4.78, 5) is 22.6. The van der Waals surface area contributed by atoms with E-state index in [1.54, 1.807) is 22.7 Å². The molecule has 168 valence electrons. The van der Waals surface area contributed by atoms with Gasteiger partial charge in [-0.05, 0) is 81.7 Å².